The van der Waals surface area contributed by atoms with Gasteiger partial charge in [0.05, 0.1) is 30.8 Å². The van der Waals surface area contributed by atoms with E-state index >= 15 is 0 Å². The molecular formula is C25H30ClF3N4O4. The number of nitrogens with one attached hydrogen (secondary N) is 2. The first-order valence-corrected chi connectivity index (χ1v) is 11.1. The maximum absolute atomic E-state index is 13.2. The molecule has 2 aromatic carbocycles. The molecule has 0 fully saturated rings. The van der Waals surface area contributed by atoms with Gasteiger partial charge in [0, 0.05) is 0 Å². The molecule has 0 saturated heterocycles. The van der Waals surface area contributed by atoms with E-state index < -0.39 is 48.1 Å². The molecule has 0 aliphatic rings. The molecule has 0 aliphatic carbocycles. The van der Waals surface area contributed by atoms with Crippen molar-refractivity contribution in [2.24, 2.45) is 11.7 Å². The van der Waals surface area contributed by atoms with Crippen molar-refractivity contribution in [2.75, 3.05) is 7.11 Å². The fraction of sp³-hybridized carbons (Fsp3) is 0.400. The molecule has 4 unspecified atom stereocenters. The molecule has 0 aromatic heterocycles. The number of nitrogens with two attached hydrogens (primary N) is 1. The van der Waals surface area contributed by atoms with Crippen LogP contribution in [0.25, 0.3) is 0 Å². The third-order valence-electron chi connectivity index (χ3n) is 5.55. The van der Waals surface area contributed by atoms with E-state index in [0.29, 0.717) is 16.9 Å². The largest absolute Gasteiger partial charge is 0.497 e. The van der Waals surface area contributed by atoms with Crippen LogP contribution in [-0.2, 0) is 16.0 Å². The van der Waals surface area contributed by atoms with Crippen LogP contribution in [-0.4, -0.2) is 48.4 Å². The summed E-state index contributed by atoms with van der Waals surface area (Å²) in [6, 6.07) is 10.3. The molecule has 0 saturated carbocycles. The van der Waals surface area contributed by atoms with Crippen molar-refractivity contribution in [3.63, 3.8) is 0 Å². The van der Waals surface area contributed by atoms with Crippen LogP contribution in [0.2, 0.25) is 0 Å². The van der Waals surface area contributed by atoms with Gasteiger partial charge in [-0.05, 0) is 47.7 Å². The van der Waals surface area contributed by atoms with Gasteiger partial charge in [0.25, 0.3) is 0 Å². The third-order valence-corrected chi connectivity index (χ3v) is 5.55. The minimum atomic E-state index is -4.96. The molecule has 0 radical (unpaired) electrons. The Morgan fingerprint density at radius 2 is 1.73 bits per heavy atom. The van der Waals surface area contributed by atoms with Crippen LogP contribution < -0.4 is 21.1 Å². The van der Waals surface area contributed by atoms with Crippen molar-refractivity contribution in [1.29, 1.82) is 5.26 Å². The zero-order chi connectivity index (χ0) is 27.0. The highest BCUT2D eigenvalue weighted by molar-refractivity contribution is 5.91. The number of methoxy groups -OCH3 is 1. The minimum Gasteiger partial charge on any atom is -0.497 e. The highest BCUT2D eigenvalue weighted by Gasteiger charge is 2.45. The Morgan fingerprint density at radius 3 is 2.24 bits per heavy atom. The van der Waals surface area contributed by atoms with Crippen molar-refractivity contribution >= 4 is 24.2 Å². The van der Waals surface area contributed by atoms with Gasteiger partial charge in [-0.3, -0.25) is 9.59 Å². The molecular weight excluding hydrogens is 513 g/mol. The number of nitriles is 1. The number of nitrogens with zero attached hydrogens (tertiary/aromatic N) is 1. The molecule has 0 heterocycles. The molecule has 4 atom stereocenters. The van der Waals surface area contributed by atoms with Crippen LogP contribution in [0, 0.1) is 17.2 Å². The van der Waals surface area contributed by atoms with Gasteiger partial charge in [0.1, 0.15) is 11.8 Å². The number of aliphatic hydroxyl groups is 1. The Bertz CT molecular complexity index is 1090. The average molecular weight is 543 g/mol. The molecule has 37 heavy (non-hydrogen) atoms. The van der Waals surface area contributed by atoms with E-state index in [-0.39, 0.29) is 24.4 Å². The van der Waals surface area contributed by atoms with E-state index in [1.807, 2.05) is 6.07 Å². The number of benzene rings is 2. The maximum Gasteiger partial charge on any atom is 0.416 e. The Balaban J connectivity index is 0.00000684. The van der Waals surface area contributed by atoms with E-state index in [1.165, 1.54) is 45.2 Å². The van der Waals surface area contributed by atoms with Crippen molar-refractivity contribution < 1.29 is 32.6 Å². The quantitative estimate of drug-likeness (QED) is 0.364. The topological polar surface area (TPSA) is 137 Å². The summed E-state index contributed by atoms with van der Waals surface area (Å²) >= 11 is 0. The normalized spacial score (nSPS) is 14.4. The van der Waals surface area contributed by atoms with Crippen LogP contribution >= 0.6 is 12.4 Å². The summed E-state index contributed by atoms with van der Waals surface area (Å²) in [5.41, 5.74) is 7.31. The van der Waals surface area contributed by atoms with Gasteiger partial charge in [-0.1, -0.05) is 38.1 Å². The summed E-state index contributed by atoms with van der Waals surface area (Å²) in [7, 11) is 1.44. The summed E-state index contributed by atoms with van der Waals surface area (Å²) in [5, 5.41) is 23.5. The van der Waals surface area contributed by atoms with E-state index in [2.05, 4.69) is 10.6 Å². The lowest BCUT2D eigenvalue weighted by molar-refractivity contribution is -0.215. The highest BCUT2D eigenvalue weighted by atomic mass is 35.5. The second-order valence-corrected chi connectivity index (χ2v) is 8.60. The van der Waals surface area contributed by atoms with Crippen LogP contribution in [0.15, 0.2) is 48.5 Å². The van der Waals surface area contributed by atoms with Crippen molar-refractivity contribution in [1.82, 2.24) is 10.6 Å². The van der Waals surface area contributed by atoms with Gasteiger partial charge >= 0.3 is 6.18 Å². The number of carbonyl (C=O) groups excluding carboxylic acids is 2. The monoisotopic (exact) mass is 542 g/mol. The Hall–Kier alpha value is -3.33. The molecule has 8 nitrogen and oxygen atoms in total. The predicted octanol–water partition coefficient (Wildman–Crippen LogP) is 2.78. The van der Waals surface area contributed by atoms with Crippen LogP contribution in [0.3, 0.4) is 0 Å². The molecule has 0 aliphatic heterocycles. The van der Waals surface area contributed by atoms with E-state index in [0.717, 1.165) is 0 Å². The lowest BCUT2D eigenvalue weighted by atomic mass is 9.96. The van der Waals surface area contributed by atoms with Gasteiger partial charge in [0.2, 0.25) is 11.8 Å². The standard InChI is InChI=1S/C25H29F3N4O4.ClH/c1-14(2)20(22(33)25(26,27)28)31-24(35)21(17-7-9-18(36-3)10-8-17)32-23(34)19(30)12-15-5-4-6-16(11-15)13-29;/h4-11,14,19-22,33H,12,30H2,1-3H3,(H,31,35)(H,32,34);1H. The first kappa shape index (κ1) is 31.7. The van der Waals surface area contributed by atoms with Crippen LogP contribution in [0.4, 0.5) is 13.2 Å². The molecule has 2 aromatic rings. The van der Waals surface area contributed by atoms with Gasteiger partial charge < -0.3 is 26.2 Å². The number of aliphatic hydroxyl groups excluding tert-OH is 1. The first-order valence-electron chi connectivity index (χ1n) is 11.1. The molecule has 2 amide bonds. The number of rotatable bonds is 10. The summed E-state index contributed by atoms with van der Waals surface area (Å²) < 4.78 is 44.6. The zero-order valence-corrected chi connectivity index (χ0v) is 21.3. The summed E-state index contributed by atoms with van der Waals surface area (Å²) in [6.07, 6.45) is -7.70. The summed E-state index contributed by atoms with van der Waals surface area (Å²) in [5.74, 6) is -1.99. The van der Waals surface area contributed by atoms with Gasteiger partial charge in [-0.25, -0.2) is 0 Å². The molecule has 0 bridgehead atoms. The lowest BCUT2D eigenvalue weighted by Gasteiger charge is -2.31. The van der Waals surface area contributed by atoms with Gasteiger partial charge in [-0.15, -0.1) is 12.4 Å². The highest BCUT2D eigenvalue weighted by Crippen LogP contribution is 2.26. The third kappa shape index (κ3) is 8.93. The lowest BCUT2D eigenvalue weighted by Crippen LogP contribution is -2.56. The minimum absolute atomic E-state index is 0. The van der Waals surface area contributed by atoms with Crippen molar-refractivity contribution in [3.05, 3.63) is 65.2 Å². The number of hydrogen-bond donors (Lipinski definition) is 4. The molecule has 2 rings (SSSR count). The number of hydrogen-bond acceptors (Lipinski definition) is 6. The number of ether oxygens (including phenoxy) is 1. The van der Waals surface area contributed by atoms with Gasteiger partial charge in [0.15, 0.2) is 6.10 Å². The van der Waals surface area contributed by atoms with Gasteiger partial charge in [-0.2, -0.15) is 18.4 Å². The summed E-state index contributed by atoms with van der Waals surface area (Å²) in [4.78, 5) is 26.0. The number of amides is 2. The Labute approximate surface area is 219 Å². The fourth-order valence-corrected chi connectivity index (χ4v) is 3.52. The van der Waals surface area contributed by atoms with E-state index in [4.69, 9.17) is 15.7 Å². The van der Waals surface area contributed by atoms with E-state index in [1.54, 1.807) is 24.3 Å². The van der Waals surface area contributed by atoms with Crippen LogP contribution in [0.1, 0.15) is 36.6 Å². The number of alkyl halides is 3. The SMILES string of the molecule is COc1ccc(C(NC(=O)C(N)Cc2cccc(C#N)c2)C(=O)NC(C(C)C)C(O)C(F)(F)F)cc1.Cl. The predicted molar refractivity (Wildman–Crippen MR) is 133 cm³/mol. The molecule has 202 valence electrons. The van der Waals surface area contributed by atoms with Crippen molar-refractivity contribution in [2.45, 2.75) is 50.7 Å². The average Bonchev–Trinajstić information content (AvgIpc) is 2.84. The number of halogens is 4. The molecule has 0 spiro atoms. The van der Waals surface area contributed by atoms with Crippen LogP contribution in [0.5, 0.6) is 5.75 Å². The first-order chi connectivity index (χ1) is 16.9. The Morgan fingerprint density at radius 1 is 1.11 bits per heavy atom. The Kier molecular flexibility index (Phi) is 11.9. The zero-order valence-electron chi connectivity index (χ0n) is 20.5. The molecule has 12 heteroatoms. The second-order valence-electron chi connectivity index (χ2n) is 8.60. The van der Waals surface area contributed by atoms with Crippen molar-refractivity contribution in [3.8, 4) is 11.8 Å². The molecule has 5 N–H and O–H groups in total. The smallest absolute Gasteiger partial charge is 0.416 e. The second kappa shape index (κ2) is 13.8. The van der Waals surface area contributed by atoms with E-state index in [9.17, 15) is 27.9 Å². The number of carbonyl (C=O) groups is 2. The maximum atomic E-state index is 13.2. The fourth-order valence-electron chi connectivity index (χ4n) is 3.52. The summed E-state index contributed by atoms with van der Waals surface area (Å²) in [6.45, 7) is 2.85.